The maximum Gasteiger partial charge on any atom is 0.307 e. The average molecular weight is 320 g/mol. The molecule has 0 aromatic heterocycles. The Morgan fingerprint density at radius 2 is 2.14 bits per heavy atom. The Labute approximate surface area is 132 Å². The van der Waals surface area contributed by atoms with E-state index in [1.807, 2.05) is 12.1 Å². The van der Waals surface area contributed by atoms with Crippen LogP contribution in [0.5, 0.6) is 0 Å². The van der Waals surface area contributed by atoms with Crippen molar-refractivity contribution in [3.05, 3.63) is 63.9 Å². The minimum Gasteiger partial charge on any atom is -0.481 e. The molecule has 1 unspecified atom stereocenters. The third-order valence-corrected chi connectivity index (χ3v) is 4.19. The molecule has 2 aromatic carbocycles. The third kappa shape index (κ3) is 2.92. The number of halogens is 2. The summed E-state index contributed by atoms with van der Waals surface area (Å²) in [6.45, 7) is 0. The first-order valence-corrected chi connectivity index (χ1v) is 7.46. The van der Waals surface area contributed by atoms with Gasteiger partial charge in [0.15, 0.2) is 0 Å². The van der Waals surface area contributed by atoms with Gasteiger partial charge in [-0.2, -0.15) is 0 Å². The van der Waals surface area contributed by atoms with Gasteiger partial charge >= 0.3 is 5.97 Å². The first-order chi connectivity index (χ1) is 10.5. The summed E-state index contributed by atoms with van der Waals surface area (Å²) >= 11 is 6.27. The standard InChI is InChI=1S/C17H15ClFNO2/c18-13-8-10(9-16(21)22)7-11-5-6-15(20-17(11)13)12-3-1-2-4-14(12)19/h1-4,7-8,15,20H,5-6,9H2,(H,21,22). The molecule has 3 nitrogen and oxygen atoms in total. The van der Waals surface area contributed by atoms with Crippen molar-refractivity contribution >= 4 is 23.3 Å². The van der Waals surface area contributed by atoms with Crippen molar-refractivity contribution in [2.75, 3.05) is 5.32 Å². The zero-order valence-electron chi connectivity index (χ0n) is 11.8. The molecule has 1 atom stereocenters. The zero-order chi connectivity index (χ0) is 15.7. The van der Waals surface area contributed by atoms with Gasteiger partial charge in [-0.3, -0.25) is 4.79 Å². The van der Waals surface area contributed by atoms with Gasteiger partial charge in [0.25, 0.3) is 0 Å². The molecule has 1 heterocycles. The molecular weight excluding hydrogens is 305 g/mol. The van der Waals surface area contributed by atoms with Crippen LogP contribution in [0, 0.1) is 5.82 Å². The van der Waals surface area contributed by atoms with Gasteiger partial charge in [0.05, 0.1) is 23.2 Å². The zero-order valence-corrected chi connectivity index (χ0v) is 12.5. The molecule has 114 valence electrons. The number of aryl methyl sites for hydroxylation is 1. The maximum atomic E-state index is 13.9. The van der Waals surface area contributed by atoms with E-state index in [-0.39, 0.29) is 18.3 Å². The van der Waals surface area contributed by atoms with Gasteiger partial charge in [-0.25, -0.2) is 4.39 Å². The monoisotopic (exact) mass is 319 g/mol. The second kappa shape index (κ2) is 5.97. The average Bonchev–Trinajstić information content (AvgIpc) is 2.47. The fourth-order valence-electron chi connectivity index (χ4n) is 2.90. The highest BCUT2D eigenvalue weighted by Gasteiger charge is 2.23. The lowest BCUT2D eigenvalue weighted by Gasteiger charge is -2.29. The molecular formula is C17H15ClFNO2. The number of nitrogens with one attached hydrogen (secondary N) is 1. The summed E-state index contributed by atoms with van der Waals surface area (Å²) in [5.41, 5.74) is 3.06. The van der Waals surface area contributed by atoms with Gasteiger partial charge in [0, 0.05) is 5.56 Å². The van der Waals surface area contributed by atoms with Crippen molar-refractivity contribution in [3.8, 4) is 0 Å². The first-order valence-electron chi connectivity index (χ1n) is 7.08. The van der Waals surface area contributed by atoms with Crippen molar-refractivity contribution < 1.29 is 14.3 Å². The van der Waals surface area contributed by atoms with E-state index in [9.17, 15) is 9.18 Å². The van der Waals surface area contributed by atoms with Crippen LogP contribution in [0.3, 0.4) is 0 Å². The molecule has 0 fully saturated rings. The number of rotatable bonds is 3. The molecule has 0 spiro atoms. The Balaban J connectivity index is 1.90. The van der Waals surface area contributed by atoms with E-state index in [0.29, 0.717) is 16.1 Å². The molecule has 1 aliphatic heterocycles. The Bertz CT molecular complexity index is 733. The lowest BCUT2D eigenvalue weighted by atomic mass is 9.92. The summed E-state index contributed by atoms with van der Waals surface area (Å²) < 4.78 is 13.9. The Hall–Kier alpha value is -2.07. The van der Waals surface area contributed by atoms with E-state index in [1.165, 1.54) is 6.07 Å². The number of carbonyl (C=O) groups is 1. The van der Waals surface area contributed by atoms with Crippen LogP contribution in [-0.4, -0.2) is 11.1 Å². The van der Waals surface area contributed by atoms with Crippen molar-refractivity contribution in [3.63, 3.8) is 0 Å². The largest absolute Gasteiger partial charge is 0.481 e. The number of hydrogen-bond donors (Lipinski definition) is 2. The highest BCUT2D eigenvalue weighted by atomic mass is 35.5. The predicted octanol–water partition coefficient (Wildman–Crippen LogP) is 4.21. The molecule has 1 aliphatic rings. The highest BCUT2D eigenvalue weighted by molar-refractivity contribution is 6.33. The number of fused-ring (bicyclic) bond motifs is 1. The summed E-state index contributed by atoms with van der Waals surface area (Å²) in [4.78, 5) is 10.8. The van der Waals surface area contributed by atoms with Gasteiger partial charge in [-0.1, -0.05) is 35.9 Å². The Morgan fingerprint density at radius 1 is 1.36 bits per heavy atom. The molecule has 0 saturated carbocycles. The molecule has 0 bridgehead atoms. The normalized spacial score (nSPS) is 16.7. The number of anilines is 1. The van der Waals surface area contributed by atoms with Gasteiger partial charge in [0.2, 0.25) is 0 Å². The van der Waals surface area contributed by atoms with Crippen LogP contribution in [-0.2, 0) is 17.6 Å². The van der Waals surface area contributed by atoms with Crippen LogP contribution < -0.4 is 5.32 Å². The number of aliphatic carboxylic acids is 1. The van der Waals surface area contributed by atoms with Gasteiger partial charge < -0.3 is 10.4 Å². The highest BCUT2D eigenvalue weighted by Crippen LogP contribution is 2.38. The van der Waals surface area contributed by atoms with E-state index in [2.05, 4.69) is 5.32 Å². The van der Waals surface area contributed by atoms with Gasteiger partial charge in [-0.05, 0) is 36.1 Å². The van der Waals surface area contributed by atoms with Crippen molar-refractivity contribution in [2.24, 2.45) is 0 Å². The molecule has 5 heteroatoms. The second-order valence-electron chi connectivity index (χ2n) is 5.44. The third-order valence-electron chi connectivity index (χ3n) is 3.89. The molecule has 0 amide bonds. The maximum absolute atomic E-state index is 13.9. The summed E-state index contributed by atoms with van der Waals surface area (Å²) in [5.74, 6) is -1.12. The van der Waals surface area contributed by atoms with E-state index in [1.54, 1.807) is 18.2 Å². The predicted molar refractivity (Wildman–Crippen MR) is 83.9 cm³/mol. The van der Waals surface area contributed by atoms with Crippen molar-refractivity contribution in [2.45, 2.75) is 25.3 Å². The quantitative estimate of drug-likeness (QED) is 0.891. The molecule has 22 heavy (non-hydrogen) atoms. The molecule has 0 radical (unpaired) electrons. The van der Waals surface area contributed by atoms with Crippen molar-refractivity contribution in [1.82, 2.24) is 0 Å². The van der Waals surface area contributed by atoms with Crippen LogP contribution in [0.4, 0.5) is 10.1 Å². The van der Waals surface area contributed by atoms with Gasteiger partial charge in [-0.15, -0.1) is 0 Å². The molecule has 0 saturated heterocycles. The molecule has 2 N–H and O–H groups in total. The summed E-state index contributed by atoms with van der Waals surface area (Å²) in [6, 6.07) is 10.1. The summed E-state index contributed by atoms with van der Waals surface area (Å²) in [7, 11) is 0. The topological polar surface area (TPSA) is 49.3 Å². The van der Waals surface area contributed by atoms with Crippen LogP contribution in [0.1, 0.15) is 29.2 Å². The summed E-state index contributed by atoms with van der Waals surface area (Å²) in [5, 5.41) is 12.6. The lowest BCUT2D eigenvalue weighted by Crippen LogP contribution is -2.20. The summed E-state index contributed by atoms with van der Waals surface area (Å²) in [6.07, 6.45) is 1.42. The smallest absolute Gasteiger partial charge is 0.307 e. The first kappa shape index (κ1) is 14.9. The molecule has 0 aliphatic carbocycles. The Morgan fingerprint density at radius 3 is 2.86 bits per heavy atom. The Kier molecular flexibility index (Phi) is 4.03. The molecule has 3 rings (SSSR count). The molecule has 2 aromatic rings. The number of benzene rings is 2. The van der Waals surface area contributed by atoms with Crippen LogP contribution in [0.2, 0.25) is 5.02 Å². The van der Waals surface area contributed by atoms with E-state index in [4.69, 9.17) is 16.7 Å². The van der Waals surface area contributed by atoms with Gasteiger partial charge in [0.1, 0.15) is 5.82 Å². The van der Waals surface area contributed by atoms with E-state index < -0.39 is 5.97 Å². The number of carboxylic acid groups (broad SMARTS) is 1. The van der Waals surface area contributed by atoms with Crippen LogP contribution >= 0.6 is 11.6 Å². The van der Waals surface area contributed by atoms with Crippen LogP contribution in [0.15, 0.2) is 36.4 Å². The second-order valence-corrected chi connectivity index (χ2v) is 5.85. The van der Waals surface area contributed by atoms with Crippen molar-refractivity contribution in [1.29, 1.82) is 0 Å². The lowest BCUT2D eigenvalue weighted by molar-refractivity contribution is -0.136. The minimum absolute atomic E-state index is 0.0518. The SMILES string of the molecule is O=C(O)Cc1cc(Cl)c2c(c1)CCC(c1ccccc1F)N2. The fourth-order valence-corrected chi connectivity index (χ4v) is 3.21. The minimum atomic E-state index is -0.885. The fraction of sp³-hybridized carbons (Fsp3) is 0.235. The van der Waals surface area contributed by atoms with Crippen LogP contribution in [0.25, 0.3) is 0 Å². The number of hydrogen-bond acceptors (Lipinski definition) is 2. The van der Waals surface area contributed by atoms with E-state index in [0.717, 1.165) is 24.1 Å². The van der Waals surface area contributed by atoms with E-state index >= 15 is 0 Å². The number of carboxylic acids is 1.